The Kier molecular flexibility index (Phi) is 5.38. The molecule has 0 aliphatic rings. The van der Waals surface area contributed by atoms with Crippen LogP contribution in [0.3, 0.4) is 0 Å². The molecule has 0 spiro atoms. The van der Waals surface area contributed by atoms with E-state index in [1.807, 2.05) is 0 Å². The van der Waals surface area contributed by atoms with Crippen LogP contribution in [-0.2, 0) is 9.53 Å². The summed E-state index contributed by atoms with van der Waals surface area (Å²) in [5, 5.41) is 6.17. The van der Waals surface area contributed by atoms with E-state index in [1.54, 1.807) is 48.5 Å². The Morgan fingerprint density at radius 2 is 1.91 bits per heavy atom. The number of anilines is 2. The summed E-state index contributed by atoms with van der Waals surface area (Å²) in [6.45, 7) is 0.0144. The van der Waals surface area contributed by atoms with Gasteiger partial charge in [-0.25, -0.2) is 4.79 Å². The van der Waals surface area contributed by atoms with Crippen LogP contribution in [0.5, 0.6) is 0 Å². The molecule has 2 rings (SSSR count). The molecule has 114 valence electrons. The van der Waals surface area contributed by atoms with Crippen LogP contribution in [0.1, 0.15) is 10.4 Å². The van der Waals surface area contributed by atoms with Crippen LogP contribution in [0.15, 0.2) is 48.5 Å². The Morgan fingerprint density at radius 3 is 2.64 bits per heavy atom. The van der Waals surface area contributed by atoms with Crippen molar-refractivity contribution in [2.45, 2.75) is 0 Å². The maximum atomic E-state index is 11.9. The second kappa shape index (κ2) is 7.47. The van der Waals surface area contributed by atoms with Crippen LogP contribution in [0, 0.1) is 0 Å². The van der Waals surface area contributed by atoms with Crippen LogP contribution in [0.25, 0.3) is 0 Å². The molecule has 0 aliphatic carbocycles. The predicted octanol–water partition coefficient (Wildman–Crippen LogP) is 3.18. The Morgan fingerprint density at radius 1 is 1.14 bits per heavy atom. The molecular formula is C16H15ClN2O3. The van der Waals surface area contributed by atoms with Crippen molar-refractivity contribution in [1.82, 2.24) is 0 Å². The number of esters is 1. The monoisotopic (exact) mass is 318 g/mol. The molecule has 5 nitrogen and oxygen atoms in total. The molecule has 6 heteroatoms. The fraction of sp³-hybridized carbons (Fsp3) is 0.125. The van der Waals surface area contributed by atoms with E-state index in [1.165, 1.54) is 7.11 Å². The molecule has 0 aliphatic heterocycles. The zero-order valence-corrected chi connectivity index (χ0v) is 12.7. The summed E-state index contributed by atoms with van der Waals surface area (Å²) < 4.78 is 4.70. The number of carbonyl (C=O) groups excluding carboxylic acids is 2. The Bertz CT molecular complexity index is 689. The van der Waals surface area contributed by atoms with Gasteiger partial charge in [0.1, 0.15) is 0 Å². The number of ether oxygens (including phenoxy) is 1. The molecule has 0 saturated carbocycles. The van der Waals surface area contributed by atoms with Gasteiger partial charge in [-0.15, -0.1) is 0 Å². The van der Waals surface area contributed by atoms with Gasteiger partial charge in [0.15, 0.2) is 0 Å². The highest BCUT2D eigenvalue weighted by atomic mass is 35.5. The third kappa shape index (κ3) is 4.23. The number of carbonyl (C=O) groups is 2. The minimum atomic E-state index is -0.460. The largest absolute Gasteiger partial charge is 0.465 e. The molecule has 0 aromatic heterocycles. The minimum Gasteiger partial charge on any atom is -0.465 e. The van der Waals surface area contributed by atoms with Gasteiger partial charge in [-0.05, 0) is 30.3 Å². The number of nitrogens with one attached hydrogen (secondary N) is 2. The van der Waals surface area contributed by atoms with Gasteiger partial charge in [-0.3, -0.25) is 4.79 Å². The molecule has 0 saturated heterocycles. The van der Waals surface area contributed by atoms with Crippen LogP contribution in [-0.4, -0.2) is 25.5 Å². The summed E-state index contributed by atoms with van der Waals surface area (Å²) in [4.78, 5) is 23.5. The molecule has 0 fully saturated rings. The maximum Gasteiger partial charge on any atom is 0.339 e. The van der Waals surface area contributed by atoms with Gasteiger partial charge in [0.2, 0.25) is 5.91 Å². The summed E-state index contributed by atoms with van der Waals surface area (Å²) in [5.74, 6) is -0.708. The van der Waals surface area contributed by atoms with Gasteiger partial charge in [0, 0.05) is 16.4 Å². The lowest BCUT2D eigenvalue weighted by molar-refractivity contribution is -0.114. The Hall–Kier alpha value is -2.53. The summed E-state index contributed by atoms with van der Waals surface area (Å²) in [7, 11) is 1.31. The molecule has 22 heavy (non-hydrogen) atoms. The molecule has 1 amide bonds. The average molecular weight is 319 g/mol. The third-order valence-electron chi connectivity index (χ3n) is 2.88. The third-order valence-corrected chi connectivity index (χ3v) is 3.12. The quantitative estimate of drug-likeness (QED) is 0.831. The lowest BCUT2D eigenvalue weighted by Gasteiger charge is -2.11. The van der Waals surface area contributed by atoms with E-state index in [0.717, 1.165) is 0 Å². The predicted molar refractivity (Wildman–Crippen MR) is 86.4 cm³/mol. The normalized spacial score (nSPS) is 9.91. The van der Waals surface area contributed by atoms with Crippen LogP contribution >= 0.6 is 11.6 Å². The standard InChI is InChI=1S/C16H15ClN2O3/c1-22-16(21)13-7-2-3-8-14(13)18-10-15(20)19-12-6-4-5-11(17)9-12/h2-9,18H,10H2,1H3,(H,19,20). The zero-order valence-electron chi connectivity index (χ0n) is 11.9. The SMILES string of the molecule is COC(=O)c1ccccc1NCC(=O)Nc1cccc(Cl)c1. The van der Waals surface area contributed by atoms with Gasteiger partial charge < -0.3 is 15.4 Å². The van der Waals surface area contributed by atoms with E-state index < -0.39 is 5.97 Å². The first-order chi connectivity index (χ1) is 10.6. The van der Waals surface area contributed by atoms with Crippen molar-refractivity contribution in [1.29, 1.82) is 0 Å². The summed E-state index contributed by atoms with van der Waals surface area (Å²) >= 11 is 5.85. The lowest BCUT2D eigenvalue weighted by Crippen LogP contribution is -2.22. The van der Waals surface area contributed by atoms with Gasteiger partial charge in [0.05, 0.1) is 19.2 Å². The lowest BCUT2D eigenvalue weighted by atomic mass is 10.2. The fourth-order valence-corrected chi connectivity index (χ4v) is 2.06. The number of benzene rings is 2. The minimum absolute atomic E-state index is 0.0144. The van der Waals surface area contributed by atoms with Gasteiger partial charge in [-0.2, -0.15) is 0 Å². The molecular weight excluding hydrogens is 304 g/mol. The summed E-state index contributed by atoms with van der Waals surface area (Å²) in [6.07, 6.45) is 0. The molecule has 2 aromatic carbocycles. The first kappa shape index (κ1) is 15.9. The fourth-order valence-electron chi connectivity index (χ4n) is 1.87. The van der Waals surface area contributed by atoms with Crippen molar-refractivity contribution in [2.24, 2.45) is 0 Å². The second-order valence-corrected chi connectivity index (χ2v) is 4.89. The zero-order chi connectivity index (χ0) is 15.9. The maximum absolute atomic E-state index is 11.9. The molecule has 0 atom stereocenters. The molecule has 0 radical (unpaired) electrons. The summed E-state index contributed by atoms with van der Waals surface area (Å²) in [5.41, 5.74) is 1.52. The van der Waals surface area contributed by atoms with Gasteiger partial charge >= 0.3 is 5.97 Å². The number of methoxy groups -OCH3 is 1. The van der Waals surface area contributed by atoms with Gasteiger partial charge in [-0.1, -0.05) is 29.8 Å². The van der Waals surface area contributed by atoms with Crippen molar-refractivity contribution >= 4 is 34.9 Å². The van der Waals surface area contributed by atoms with Crippen LogP contribution < -0.4 is 10.6 Å². The molecule has 2 aromatic rings. The second-order valence-electron chi connectivity index (χ2n) is 4.45. The highest BCUT2D eigenvalue weighted by molar-refractivity contribution is 6.30. The number of para-hydroxylation sites is 1. The smallest absolute Gasteiger partial charge is 0.339 e. The van der Waals surface area contributed by atoms with E-state index >= 15 is 0 Å². The van der Waals surface area contributed by atoms with Crippen molar-refractivity contribution in [3.8, 4) is 0 Å². The number of hydrogen-bond acceptors (Lipinski definition) is 4. The highest BCUT2D eigenvalue weighted by Crippen LogP contribution is 2.17. The molecule has 2 N–H and O–H groups in total. The average Bonchev–Trinajstić information content (AvgIpc) is 2.52. The first-order valence-corrected chi connectivity index (χ1v) is 6.94. The Balaban J connectivity index is 1.98. The Labute approximate surface area is 133 Å². The van der Waals surface area contributed by atoms with E-state index in [9.17, 15) is 9.59 Å². The van der Waals surface area contributed by atoms with Gasteiger partial charge in [0.25, 0.3) is 0 Å². The number of halogens is 1. The van der Waals surface area contributed by atoms with Crippen LogP contribution in [0.2, 0.25) is 5.02 Å². The number of hydrogen-bond donors (Lipinski definition) is 2. The molecule has 0 heterocycles. The molecule has 0 bridgehead atoms. The number of amides is 1. The molecule has 0 unspecified atom stereocenters. The van der Waals surface area contributed by atoms with Crippen molar-refractivity contribution in [3.05, 3.63) is 59.1 Å². The summed E-state index contributed by atoms with van der Waals surface area (Å²) in [6, 6.07) is 13.7. The highest BCUT2D eigenvalue weighted by Gasteiger charge is 2.11. The van der Waals surface area contributed by atoms with E-state index in [0.29, 0.717) is 22.0 Å². The van der Waals surface area contributed by atoms with Crippen molar-refractivity contribution in [2.75, 3.05) is 24.3 Å². The van der Waals surface area contributed by atoms with E-state index in [2.05, 4.69) is 10.6 Å². The van der Waals surface area contributed by atoms with E-state index in [-0.39, 0.29) is 12.5 Å². The first-order valence-electron chi connectivity index (χ1n) is 6.57. The number of rotatable bonds is 5. The van der Waals surface area contributed by atoms with Crippen molar-refractivity contribution < 1.29 is 14.3 Å². The topological polar surface area (TPSA) is 67.4 Å². The van der Waals surface area contributed by atoms with Crippen LogP contribution in [0.4, 0.5) is 11.4 Å². The van der Waals surface area contributed by atoms with Crippen molar-refractivity contribution in [3.63, 3.8) is 0 Å². The van der Waals surface area contributed by atoms with E-state index in [4.69, 9.17) is 16.3 Å².